The first-order valence-corrected chi connectivity index (χ1v) is 5.77. The van der Waals surface area contributed by atoms with Gasteiger partial charge in [0.1, 0.15) is 16.8 Å². The van der Waals surface area contributed by atoms with Crippen molar-refractivity contribution in [1.82, 2.24) is 9.97 Å². The van der Waals surface area contributed by atoms with Gasteiger partial charge in [-0.25, -0.2) is 9.97 Å². The van der Waals surface area contributed by atoms with Crippen LogP contribution in [0, 0.1) is 13.8 Å². The van der Waals surface area contributed by atoms with Crippen molar-refractivity contribution in [2.45, 2.75) is 13.8 Å². The van der Waals surface area contributed by atoms with E-state index in [1.165, 1.54) is 0 Å². The Kier molecular flexibility index (Phi) is 3.29. The summed E-state index contributed by atoms with van der Waals surface area (Å²) in [5.41, 5.74) is 1.97. The van der Waals surface area contributed by atoms with Gasteiger partial charge in [0, 0.05) is 18.3 Å². The van der Waals surface area contributed by atoms with Crippen LogP contribution in [0.15, 0.2) is 30.3 Å². The highest BCUT2D eigenvalue weighted by atomic mass is 35.5. The monoisotopic (exact) mass is 247 g/mol. The van der Waals surface area contributed by atoms with Gasteiger partial charge in [-0.3, -0.25) is 0 Å². The molecule has 0 aliphatic heterocycles. The first-order valence-electron chi connectivity index (χ1n) is 5.39. The Morgan fingerprint density at radius 2 is 1.71 bits per heavy atom. The van der Waals surface area contributed by atoms with E-state index in [9.17, 15) is 0 Å². The highest BCUT2D eigenvalue weighted by Crippen LogP contribution is 2.27. The predicted molar refractivity (Wildman–Crippen MR) is 71.0 cm³/mol. The van der Waals surface area contributed by atoms with Gasteiger partial charge in [-0.15, -0.1) is 0 Å². The largest absolute Gasteiger partial charge is 0.329 e. The number of aryl methyl sites for hydroxylation is 1. The van der Waals surface area contributed by atoms with Gasteiger partial charge in [0.25, 0.3) is 0 Å². The van der Waals surface area contributed by atoms with E-state index in [2.05, 4.69) is 9.97 Å². The molecule has 1 heterocycles. The van der Waals surface area contributed by atoms with E-state index in [1.54, 1.807) is 0 Å². The third-order valence-corrected chi connectivity index (χ3v) is 3.00. The quantitative estimate of drug-likeness (QED) is 0.761. The molecule has 88 valence electrons. The molecule has 0 bridgehead atoms. The molecule has 0 amide bonds. The number of aromatic nitrogens is 2. The molecule has 0 atom stereocenters. The van der Waals surface area contributed by atoms with Crippen molar-refractivity contribution in [2.24, 2.45) is 0 Å². The minimum Gasteiger partial charge on any atom is -0.329 e. The van der Waals surface area contributed by atoms with E-state index in [4.69, 9.17) is 11.6 Å². The normalized spacial score (nSPS) is 10.4. The Morgan fingerprint density at radius 1 is 1.06 bits per heavy atom. The standard InChI is InChI=1S/C13H14ClN3/c1-9-12(14)15-10(2)16-13(9)17(3)11-7-5-4-6-8-11/h4-8H,1-3H3. The molecule has 1 aromatic heterocycles. The van der Waals surface area contributed by atoms with Gasteiger partial charge in [-0.1, -0.05) is 29.8 Å². The van der Waals surface area contributed by atoms with Crippen molar-refractivity contribution in [3.05, 3.63) is 46.9 Å². The summed E-state index contributed by atoms with van der Waals surface area (Å²) in [5, 5.41) is 0.510. The van der Waals surface area contributed by atoms with E-state index in [1.807, 2.05) is 56.1 Å². The molecule has 2 rings (SSSR count). The lowest BCUT2D eigenvalue weighted by atomic mass is 10.2. The number of nitrogens with zero attached hydrogens (tertiary/aromatic N) is 3. The molecule has 0 fully saturated rings. The van der Waals surface area contributed by atoms with Gasteiger partial charge in [0.05, 0.1) is 0 Å². The van der Waals surface area contributed by atoms with Gasteiger partial charge >= 0.3 is 0 Å². The molecule has 0 saturated carbocycles. The second-order valence-electron chi connectivity index (χ2n) is 3.90. The summed E-state index contributed by atoms with van der Waals surface area (Å²) in [5.74, 6) is 1.52. The fourth-order valence-corrected chi connectivity index (χ4v) is 1.89. The Bertz CT molecular complexity index is 526. The van der Waals surface area contributed by atoms with Crippen molar-refractivity contribution < 1.29 is 0 Å². The van der Waals surface area contributed by atoms with E-state index >= 15 is 0 Å². The van der Waals surface area contributed by atoms with Crippen LogP contribution < -0.4 is 4.90 Å². The molecule has 0 aliphatic carbocycles. The lowest BCUT2D eigenvalue weighted by molar-refractivity contribution is 0.992. The van der Waals surface area contributed by atoms with Gasteiger partial charge in [-0.2, -0.15) is 0 Å². The summed E-state index contributed by atoms with van der Waals surface area (Å²) in [6, 6.07) is 10.0. The minimum absolute atomic E-state index is 0.510. The maximum atomic E-state index is 6.07. The highest BCUT2D eigenvalue weighted by molar-refractivity contribution is 6.30. The first kappa shape index (κ1) is 11.9. The van der Waals surface area contributed by atoms with Crippen LogP contribution in [0.5, 0.6) is 0 Å². The zero-order valence-corrected chi connectivity index (χ0v) is 10.9. The van der Waals surface area contributed by atoms with Crippen LogP contribution in [-0.4, -0.2) is 17.0 Å². The number of para-hydroxylation sites is 1. The van der Waals surface area contributed by atoms with Crippen LogP contribution in [0.3, 0.4) is 0 Å². The van der Waals surface area contributed by atoms with Crippen molar-refractivity contribution in [1.29, 1.82) is 0 Å². The number of benzene rings is 1. The third-order valence-electron chi connectivity index (χ3n) is 2.63. The molecule has 0 saturated heterocycles. The predicted octanol–water partition coefficient (Wildman–Crippen LogP) is 3.51. The Morgan fingerprint density at radius 3 is 2.35 bits per heavy atom. The number of hydrogen-bond donors (Lipinski definition) is 0. The van der Waals surface area contributed by atoms with Crippen LogP contribution in [0.4, 0.5) is 11.5 Å². The zero-order chi connectivity index (χ0) is 12.4. The molecule has 0 radical (unpaired) electrons. The average Bonchev–Trinajstić information content (AvgIpc) is 2.34. The number of rotatable bonds is 2. The highest BCUT2D eigenvalue weighted by Gasteiger charge is 2.12. The summed E-state index contributed by atoms with van der Waals surface area (Å²) in [6.07, 6.45) is 0. The number of halogens is 1. The van der Waals surface area contributed by atoms with E-state index in [0.29, 0.717) is 11.0 Å². The molecular weight excluding hydrogens is 234 g/mol. The van der Waals surface area contributed by atoms with Gasteiger partial charge < -0.3 is 4.90 Å². The smallest absolute Gasteiger partial charge is 0.140 e. The van der Waals surface area contributed by atoms with Crippen molar-refractivity contribution >= 4 is 23.1 Å². The second-order valence-corrected chi connectivity index (χ2v) is 4.26. The van der Waals surface area contributed by atoms with Crippen molar-refractivity contribution in [2.75, 3.05) is 11.9 Å². The fraction of sp³-hybridized carbons (Fsp3) is 0.231. The van der Waals surface area contributed by atoms with Gasteiger partial charge in [0.15, 0.2) is 0 Å². The summed E-state index contributed by atoms with van der Waals surface area (Å²) >= 11 is 6.07. The van der Waals surface area contributed by atoms with E-state index in [-0.39, 0.29) is 0 Å². The van der Waals surface area contributed by atoms with E-state index in [0.717, 1.165) is 17.1 Å². The van der Waals surface area contributed by atoms with Crippen LogP contribution in [-0.2, 0) is 0 Å². The van der Waals surface area contributed by atoms with Gasteiger partial charge in [0.2, 0.25) is 0 Å². The maximum absolute atomic E-state index is 6.07. The molecule has 0 aliphatic rings. The maximum Gasteiger partial charge on any atom is 0.140 e. The molecule has 0 unspecified atom stereocenters. The molecule has 1 aromatic carbocycles. The van der Waals surface area contributed by atoms with Crippen molar-refractivity contribution in [3.8, 4) is 0 Å². The Balaban J connectivity index is 2.48. The molecule has 2 aromatic rings. The molecule has 17 heavy (non-hydrogen) atoms. The Labute approximate surface area is 106 Å². The second kappa shape index (κ2) is 4.72. The molecule has 3 nitrogen and oxygen atoms in total. The number of anilines is 2. The summed E-state index contributed by atoms with van der Waals surface area (Å²) in [7, 11) is 1.97. The van der Waals surface area contributed by atoms with Crippen LogP contribution in [0.25, 0.3) is 0 Å². The van der Waals surface area contributed by atoms with E-state index < -0.39 is 0 Å². The van der Waals surface area contributed by atoms with Crippen LogP contribution >= 0.6 is 11.6 Å². The average molecular weight is 248 g/mol. The lowest BCUT2D eigenvalue weighted by Gasteiger charge is -2.20. The topological polar surface area (TPSA) is 29.0 Å². The Hall–Kier alpha value is -1.61. The fourth-order valence-electron chi connectivity index (χ4n) is 1.68. The SMILES string of the molecule is Cc1nc(Cl)c(C)c(N(C)c2ccccc2)n1. The lowest BCUT2D eigenvalue weighted by Crippen LogP contribution is -2.14. The summed E-state index contributed by atoms with van der Waals surface area (Å²) in [6.45, 7) is 3.77. The zero-order valence-electron chi connectivity index (χ0n) is 10.1. The third kappa shape index (κ3) is 2.39. The molecule has 0 N–H and O–H groups in total. The molecular formula is C13H14ClN3. The molecule has 4 heteroatoms. The molecule has 0 spiro atoms. The van der Waals surface area contributed by atoms with Crippen molar-refractivity contribution in [3.63, 3.8) is 0 Å². The minimum atomic E-state index is 0.510. The number of hydrogen-bond acceptors (Lipinski definition) is 3. The first-order chi connectivity index (χ1) is 8.09. The van der Waals surface area contributed by atoms with Crippen LogP contribution in [0.1, 0.15) is 11.4 Å². The summed E-state index contributed by atoms with van der Waals surface area (Å²) in [4.78, 5) is 10.6. The van der Waals surface area contributed by atoms with Gasteiger partial charge in [-0.05, 0) is 26.0 Å². The summed E-state index contributed by atoms with van der Waals surface area (Å²) < 4.78 is 0. The van der Waals surface area contributed by atoms with Crippen LogP contribution in [0.2, 0.25) is 5.15 Å².